The lowest BCUT2D eigenvalue weighted by Crippen LogP contribution is -2.67. The largest absolute Gasteiger partial charge is 0.389 e. The van der Waals surface area contributed by atoms with Crippen molar-refractivity contribution in [2.45, 2.75) is 113 Å². The lowest BCUT2D eigenvalue weighted by molar-refractivity contribution is -0.206. The van der Waals surface area contributed by atoms with Crippen LogP contribution in [0.4, 0.5) is 0 Å². The lowest BCUT2D eigenvalue weighted by Gasteiger charge is -2.71. The van der Waals surface area contributed by atoms with Crippen LogP contribution >= 0.6 is 0 Å². The van der Waals surface area contributed by atoms with Gasteiger partial charge in [-0.1, -0.05) is 67.0 Å². The van der Waals surface area contributed by atoms with E-state index in [0.717, 1.165) is 25.2 Å². The van der Waals surface area contributed by atoms with E-state index in [4.69, 9.17) is 0 Å². The van der Waals surface area contributed by atoms with E-state index >= 15 is 0 Å². The zero-order valence-electron chi connectivity index (χ0n) is 22.1. The molecule has 32 heavy (non-hydrogen) atoms. The molecule has 10 atom stereocenters. The minimum atomic E-state index is -0.383. The molecule has 0 aromatic carbocycles. The average molecular weight is 441 g/mol. The third kappa shape index (κ3) is 2.60. The molecule has 0 radical (unpaired) electrons. The monoisotopic (exact) mass is 440 g/mol. The molecule has 4 fully saturated rings. The fraction of sp³-hybridized carbons (Fsp3) is 0.900. The van der Waals surface area contributed by atoms with Crippen LogP contribution in [0, 0.1) is 56.7 Å². The van der Waals surface area contributed by atoms with Gasteiger partial charge in [0.15, 0.2) is 0 Å². The van der Waals surface area contributed by atoms with E-state index in [9.17, 15) is 9.90 Å². The minimum absolute atomic E-state index is 0.0289. The zero-order chi connectivity index (χ0) is 23.5. The molecule has 5 rings (SSSR count). The second-order valence-electron chi connectivity index (χ2n) is 14.6. The normalized spacial score (nSPS) is 56.9. The number of aliphatic hydroxyl groups excluding tert-OH is 1. The van der Waals surface area contributed by atoms with Crippen molar-refractivity contribution in [3.63, 3.8) is 0 Å². The molecular weight excluding hydrogens is 392 g/mol. The fourth-order valence-electron chi connectivity index (χ4n) is 10.8. The standard InChI is InChI=1S/C30H48O2/c1-18-9-12-27(5)15-16-29(7)20(24(27)19(18)2)17-21(31)25-28(6)13-11-23(32)26(3,4)22(28)10-14-30(25,29)8/h17-19,21-22,24-25,31H,9-16H2,1-8H3. The first-order valence-electron chi connectivity index (χ1n) is 13.7. The number of carbonyl (C=O) groups excluding carboxylic acids is 1. The summed E-state index contributed by atoms with van der Waals surface area (Å²) in [6.45, 7) is 19.4. The van der Waals surface area contributed by atoms with E-state index in [2.05, 4.69) is 61.5 Å². The van der Waals surface area contributed by atoms with E-state index in [1.165, 1.54) is 25.7 Å². The molecule has 0 amide bonds. The number of hydrogen-bond acceptors (Lipinski definition) is 2. The Bertz CT molecular complexity index is 855. The molecular formula is C30H48O2. The summed E-state index contributed by atoms with van der Waals surface area (Å²) in [6, 6.07) is 0. The molecule has 0 spiro atoms. The second kappa shape index (κ2) is 6.73. The summed E-state index contributed by atoms with van der Waals surface area (Å²) in [6.07, 6.45) is 11.2. The summed E-state index contributed by atoms with van der Waals surface area (Å²) < 4.78 is 0. The van der Waals surface area contributed by atoms with Crippen molar-refractivity contribution < 1.29 is 9.90 Å². The highest BCUT2D eigenvalue weighted by Gasteiger charge is 2.69. The maximum Gasteiger partial charge on any atom is 0.138 e. The van der Waals surface area contributed by atoms with E-state index in [-0.39, 0.29) is 33.7 Å². The number of carbonyl (C=O) groups is 1. The van der Waals surface area contributed by atoms with E-state index < -0.39 is 0 Å². The van der Waals surface area contributed by atoms with Crippen LogP contribution in [0.5, 0.6) is 0 Å². The van der Waals surface area contributed by atoms with Crippen LogP contribution in [0.15, 0.2) is 11.6 Å². The van der Waals surface area contributed by atoms with E-state index in [1.807, 2.05) is 0 Å². The van der Waals surface area contributed by atoms with Crippen LogP contribution in [0.3, 0.4) is 0 Å². The van der Waals surface area contributed by atoms with Gasteiger partial charge in [-0.3, -0.25) is 4.79 Å². The second-order valence-corrected chi connectivity index (χ2v) is 14.6. The SMILES string of the molecule is CC1CCC2(C)CCC3(C)C(=CC(O)C4C5(C)CCC(=O)C(C)(C)C5CCC43C)C2C1C. The lowest BCUT2D eigenvalue weighted by atomic mass is 9.33. The highest BCUT2D eigenvalue weighted by atomic mass is 16.3. The minimum Gasteiger partial charge on any atom is -0.389 e. The molecule has 0 aliphatic heterocycles. The van der Waals surface area contributed by atoms with Crippen LogP contribution in [0.25, 0.3) is 0 Å². The molecule has 0 heterocycles. The van der Waals surface area contributed by atoms with E-state index in [0.29, 0.717) is 35.4 Å². The van der Waals surface area contributed by atoms with Gasteiger partial charge in [0, 0.05) is 17.8 Å². The van der Waals surface area contributed by atoms with Crippen molar-refractivity contribution in [3.05, 3.63) is 11.6 Å². The molecule has 2 heteroatoms. The molecule has 2 nitrogen and oxygen atoms in total. The first kappa shape index (κ1) is 23.1. The van der Waals surface area contributed by atoms with Crippen LogP contribution in [0.1, 0.15) is 107 Å². The van der Waals surface area contributed by atoms with Crippen molar-refractivity contribution in [2.75, 3.05) is 0 Å². The molecule has 1 N–H and O–H groups in total. The highest BCUT2D eigenvalue weighted by Crippen LogP contribution is 2.75. The Hall–Kier alpha value is -0.630. The number of hydrogen-bond donors (Lipinski definition) is 1. The summed E-state index contributed by atoms with van der Waals surface area (Å²) >= 11 is 0. The van der Waals surface area contributed by atoms with Crippen LogP contribution in [-0.2, 0) is 4.79 Å². The van der Waals surface area contributed by atoms with Gasteiger partial charge >= 0.3 is 0 Å². The zero-order valence-corrected chi connectivity index (χ0v) is 22.1. The van der Waals surface area contributed by atoms with Gasteiger partial charge in [-0.05, 0) is 90.3 Å². The molecule has 4 saturated carbocycles. The van der Waals surface area contributed by atoms with E-state index in [1.54, 1.807) is 5.57 Å². The van der Waals surface area contributed by atoms with Gasteiger partial charge in [-0.2, -0.15) is 0 Å². The quantitative estimate of drug-likeness (QED) is 0.404. The molecule has 10 unspecified atom stereocenters. The Balaban J connectivity index is 1.64. The summed E-state index contributed by atoms with van der Waals surface area (Å²) in [5.41, 5.74) is 2.02. The van der Waals surface area contributed by atoms with Gasteiger partial charge < -0.3 is 5.11 Å². The third-order valence-corrected chi connectivity index (χ3v) is 13.1. The summed E-state index contributed by atoms with van der Waals surface area (Å²) in [4.78, 5) is 12.9. The Labute approximate surface area is 197 Å². The van der Waals surface area contributed by atoms with Gasteiger partial charge in [-0.15, -0.1) is 0 Å². The van der Waals surface area contributed by atoms with Gasteiger partial charge in [0.25, 0.3) is 0 Å². The molecule has 0 saturated heterocycles. The average Bonchev–Trinajstić information content (AvgIpc) is 2.70. The topological polar surface area (TPSA) is 37.3 Å². The summed E-state index contributed by atoms with van der Waals surface area (Å²) in [5, 5.41) is 11.9. The number of rotatable bonds is 0. The van der Waals surface area contributed by atoms with Gasteiger partial charge in [0.2, 0.25) is 0 Å². The number of aliphatic hydroxyl groups is 1. The molecule has 0 aromatic rings. The first-order chi connectivity index (χ1) is 14.7. The molecule has 0 aromatic heterocycles. The smallest absolute Gasteiger partial charge is 0.138 e. The molecule has 180 valence electrons. The Kier molecular flexibility index (Phi) is 4.87. The first-order valence-corrected chi connectivity index (χ1v) is 13.7. The van der Waals surface area contributed by atoms with Crippen molar-refractivity contribution >= 4 is 5.78 Å². The molecule has 5 aliphatic carbocycles. The van der Waals surface area contributed by atoms with Crippen molar-refractivity contribution in [3.8, 4) is 0 Å². The van der Waals surface area contributed by atoms with Crippen LogP contribution in [-0.4, -0.2) is 17.0 Å². The third-order valence-electron chi connectivity index (χ3n) is 13.1. The maximum absolute atomic E-state index is 12.9. The predicted octanol–water partition coefficient (Wildman–Crippen LogP) is 7.20. The summed E-state index contributed by atoms with van der Waals surface area (Å²) in [5.74, 6) is 3.12. The number of Topliss-reactive ketones (excluding diaryl/α,β-unsaturated/α-hetero) is 1. The van der Waals surface area contributed by atoms with Gasteiger partial charge in [0.05, 0.1) is 6.10 Å². The van der Waals surface area contributed by atoms with Gasteiger partial charge in [0.1, 0.15) is 5.78 Å². The van der Waals surface area contributed by atoms with Crippen LogP contribution in [0.2, 0.25) is 0 Å². The number of fused-ring (bicyclic) bond motifs is 7. The van der Waals surface area contributed by atoms with Crippen LogP contribution < -0.4 is 0 Å². The van der Waals surface area contributed by atoms with Crippen molar-refractivity contribution in [1.82, 2.24) is 0 Å². The molecule has 0 bridgehead atoms. The molecule has 5 aliphatic rings. The van der Waals surface area contributed by atoms with Crippen molar-refractivity contribution in [1.29, 1.82) is 0 Å². The Morgan fingerprint density at radius 3 is 2.28 bits per heavy atom. The Morgan fingerprint density at radius 2 is 1.59 bits per heavy atom. The number of ketones is 1. The van der Waals surface area contributed by atoms with Crippen molar-refractivity contribution in [2.24, 2.45) is 56.7 Å². The number of allylic oxidation sites excluding steroid dienone is 1. The maximum atomic E-state index is 12.9. The summed E-state index contributed by atoms with van der Waals surface area (Å²) in [7, 11) is 0. The highest BCUT2D eigenvalue weighted by molar-refractivity contribution is 5.85. The fourth-order valence-corrected chi connectivity index (χ4v) is 10.8. The predicted molar refractivity (Wildman–Crippen MR) is 131 cm³/mol. The Morgan fingerprint density at radius 1 is 0.906 bits per heavy atom. The van der Waals surface area contributed by atoms with Gasteiger partial charge in [-0.25, -0.2) is 0 Å².